The molecule has 0 saturated carbocycles. The fraction of sp³-hybridized carbons (Fsp3) is 0.647. The molecule has 3 nitrogen and oxygen atoms in total. The van der Waals surface area contributed by atoms with Gasteiger partial charge in [-0.25, -0.2) is 0 Å². The van der Waals surface area contributed by atoms with Crippen LogP contribution in [0, 0.1) is 0 Å². The molecule has 2 heterocycles. The Morgan fingerprint density at radius 1 is 1.30 bits per heavy atom. The van der Waals surface area contributed by atoms with Gasteiger partial charge in [0.25, 0.3) is 0 Å². The van der Waals surface area contributed by atoms with Crippen molar-refractivity contribution in [1.82, 2.24) is 10.2 Å². The number of rotatable bonds is 5. The first-order valence-corrected chi connectivity index (χ1v) is 7.95. The Morgan fingerprint density at radius 2 is 2.20 bits per heavy atom. The summed E-state index contributed by atoms with van der Waals surface area (Å²) < 4.78 is 5.76. The van der Waals surface area contributed by atoms with Crippen LogP contribution in [-0.2, 0) is 6.54 Å². The van der Waals surface area contributed by atoms with Crippen LogP contribution in [0.2, 0.25) is 0 Å². The number of hydrogen-bond acceptors (Lipinski definition) is 3. The first kappa shape index (κ1) is 13.9. The highest BCUT2D eigenvalue weighted by Gasteiger charge is 2.36. The van der Waals surface area contributed by atoms with Gasteiger partial charge in [0.15, 0.2) is 0 Å². The molecular formula is C17H26N2O. The Morgan fingerprint density at radius 3 is 3.05 bits per heavy atom. The van der Waals surface area contributed by atoms with Crippen LogP contribution in [0.15, 0.2) is 24.3 Å². The Kier molecular flexibility index (Phi) is 4.27. The van der Waals surface area contributed by atoms with Gasteiger partial charge in [-0.3, -0.25) is 4.90 Å². The molecule has 2 fully saturated rings. The molecular weight excluding hydrogens is 248 g/mol. The predicted octanol–water partition coefficient (Wildman–Crippen LogP) is 2.80. The second kappa shape index (κ2) is 6.15. The van der Waals surface area contributed by atoms with E-state index in [1.165, 1.54) is 37.9 Å². The molecule has 0 spiro atoms. The average Bonchev–Trinajstić information content (AvgIpc) is 2.99. The molecule has 2 aliphatic heterocycles. The Hall–Kier alpha value is -1.06. The van der Waals surface area contributed by atoms with E-state index < -0.39 is 0 Å². The van der Waals surface area contributed by atoms with Crippen molar-refractivity contribution in [2.24, 2.45) is 0 Å². The standard InChI is InChI=1S/C17H26N2O/c1-13(2)20-15-6-3-5-14(11-15)12-18-16-8-10-19-9-4-7-17(16)19/h3,5-6,11,13,16-18H,4,7-10,12H2,1-2H3. The topological polar surface area (TPSA) is 24.5 Å². The van der Waals surface area contributed by atoms with Crippen molar-refractivity contribution < 1.29 is 4.74 Å². The van der Waals surface area contributed by atoms with Crippen LogP contribution in [0.1, 0.15) is 38.7 Å². The number of ether oxygens (including phenoxy) is 1. The highest BCUT2D eigenvalue weighted by Crippen LogP contribution is 2.28. The fourth-order valence-corrected chi connectivity index (χ4v) is 3.57. The van der Waals surface area contributed by atoms with Gasteiger partial charge in [-0.15, -0.1) is 0 Å². The molecule has 0 aromatic heterocycles. The van der Waals surface area contributed by atoms with Crippen molar-refractivity contribution >= 4 is 0 Å². The lowest BCUT2D eigenvalue weighted by atomic mass is 10.1. The summed E-state index contributed by atoms with van der Waals surface area (Å²) in [7, 11) is 0. The number of nitrogens with zero attached hydrogens (tertiary/aromatic N) is 1. The molecule has 0 amide bonds. The van der Waals surface area contributed by atoms with E-state index in [2.05, 4.69) is 42.3 Å². The van der Waals surface area contributed by atoms with E-state index >= 15 is 0 Å². The smallest absolute Gasteiger partial charge is 0.120 e. The van der Waals surface area contributed by atoms with Gasteiger partial charge in [0.2, 0.25) is 0 Å². The molecule has 3 heteroatoms. The third kappa shape index (κ3) is 3.15. The number of hydrogen-bond donors (Lipinski definition) is 1. The summed E-state index contributed by atoms with van der Waals surface area (Å²) in [5.41, 5.74) is 1.32. The van der Waals surface area contributed by atoms with Crippen LogP contribution >= 0.6 is 0 Å². The van der Waals surface area contributed by atoms with E-state index in [-0.39, 0.29) is 6.10 Å². The normalized spacial score (nSPS) is 26.1. The minimum atomic E-state index is 0.236. The van der Waals surface area contributed by atoms with Crippen molar-refractivity contribution in [1.29, 1.82) is 0 Å². The summed E-state index contributed by atoms with van der Waals surface area (Å²) in [6.07, 6.45) is 4.28. The molecule has 1 aromatic rings. The van der Waals surface area contributed by atoms with Gasteiger partial charge in [0.05, 0.1) is 6.10 Å². The maximum absolute atomic E-state index is 5.76. The first-order valence-electron chi connectivity index (χ1n) is 7.95. The molecule has 3 rings (SSSR count). The van der Waals surface area contributed by atoms with E-state index in [0.717, 1.165) is 18.3 Å². The second-order valence-corrected chi connectivity index (χ2v) is 6.34. The molecule has 1 N–H and O–H groups in total. The SMILES string of the molecule is CC(C)Oc1cccc(CNC2CCN3CCCC23)c1. The van der Waals surface area contributed by atoms with Crippen molar-refractivity contribution in [3.05, 3.63) is 29.8 Å². The number of nitrogens with one attached hydrogen (secondary N) is 1. The summed E-state index contributed by atoms with van der Waals surface area (Å²) in [5.74, 6) is 0.980. The van der Waals surface area contributed by atoms with Crippen LogP contribution in [0.4, 0.5) is 0 Å². The van der Waals surface area contributed by atoms with E-state index in [1.807, 2.05) is 6.07 Å². The van der Waals surface area contributed by atoms with Crippen molar-refractivity contribution in [2.75, 3.05) is 13.1 Å². The van der Waals surface area contributed by atoms with Gasteiger partial charge >= 0.3 is 0 Å². The molecule has 110 valence electrons. The Bertz CT molecular complexity index is 446. The van der Waals surface area contributed by atoms with Crippen molar-refractivity contribution in [2.45, 2.75) is 57.8 Å². The predicted molar refractivity (Wildman–Crippen MR) is 82.0 cm³/mol. The lowest BCUT2D eigenvalue weighted by Crippen LogP contribution is -2.38. The zero-order valence-corrected chi connectivity index (χ0v) is 12.6. The largest absolute Gasteiger partial charge is 0.491 e. The summed E-state index contributed by atoms with van der Waals surface area (Å²) in [5, 5.41) is 3.75. The second-order valence-electron chi connectivity index (χ2n) is 6.34. The van der Waals surface area contributed by atoms with Gasteiger partial charge in [-0.05, 0) is 57.4 Å². The molecule has 0 radical (unpaired) electrons. The van der Waals surface area contributed by atoms with E-state index in [4.69, 9.17) is 4.74 Å². The Balaban J connectivity index is 1.55. The number of fused-ring (bicyclic) bond motifs is 1. The summed E-state index contributed by atoms with van der Waals surface area (Å²) in [6, 6.07) is 9.93. The zero-order valence-electron chi connectivity index (χ0n) is 12.6. The van der Waals surface area contributed by atoms with E-state index in [0.29, 0.717) is 6.04 Å². The summed E-state index contributed by atoms with van der Waals surface area (Å²) in [6.45, 7) is 7.67. The average molecular weight is 274 g/mol. The molecule has 2 saturated heterocycles. The van der Waals surface area contributed by atoms with Crippen LogP contribution < -0.4 is 10.1 Å². The third-order valence-electron chi connectivity index (χ3n) is 4.44. The minimum Gasteiger partial charge on any atom is -0.491 e. The molecule has 2 atom stereocenters. The maximum atomic E-state index is 5.76. The quantitative estimate of drug-likeness (QED) is 0.893. The van der Waals surface area contributed by atoms with Crippen LogP contribution in [0.3, 0.4) is 0 Å². The Labute approximate surface area is 122 Å². The molecule has 1 aromatic carbocycles. The molecule has 0 bridgehead atoms. The first-order chi connectivity index (χ1) is 9.72. The van der Waals surface area contributed by atoms with Gasteiger partial charge in [-0.1, -0.05) is 12.1 Å². The molecule has 20 heavy (non-hydrogen) atoms. The van der Waals surface area contributed by atoms with Crippen molar-refractivity contribution in [3.8, 4) is 5.75 Å². The van der Waals surface area contributed by atoms with Crippen LogP contribution in [0.5, 0.6) is 5.75 Å². The van der Waals surface area contributed by atoms with Gasteiger partial charge in [0, 0.05) is 25.2 Å². The molecule has 0 aliphatic carbocycles. The highest BCUT2D eigenvalue weighted by molar-refractivity contribution is 5.28. The fourth-order valence-electron chi connectivity index (χ4n) is 3.57. The van der Waals surface area contributed by atoms with Gasteiger partial charge < -0.3 is 10.1 Å². The van der Waals surface area contributed by atoms with E-state index in [1.54, 1.807) is 0 Å². The minimum absolute atomic E-state index is 0.236. The van der Waals surface area contributed by atoms with Crippen LogP contribution in [0.25, 0.3) is 0 Å². The van der Waals surface area contributed by atoms with E-state index in [9.17, 15) is 0 Å². The lowest BCUT2D eigenvalue weighted by molar-refractivity contribution is 0.242. The highest BCUT2D eigenvalue weighted by atomic mass is 16.5. The van der Waals surface area contributed by atoms with Crippen molar-refractivity contribution in [3.63, 3.8) is 0 Å². The zero-order chi connectivity index (χ0) is 13.9. The third-order valence-corrected chi connectivity index (χ3v) is 4.44. The summed E-state index contributed by atoms with van der Waals surface area (Å²) in [4.78, 5) is 2.65. The number of benzene rings is 1. The molecule has 2 unspecified atom stereocenters. The molecule has 2 aliphatic rings. The monoisotopic (exact) mass is 274 g/mol. The maximum Gasteiger partial charge on any atom is 0.120 e. The van der Waals surface area contributed by atoms with Gasteiger partial charge in [-0.2, -0.15) is 0 Å². The van der Waals surface area contributed by atoms with Crippen LogP contribution in [-0.4, -0.2) is 36.2 Å². The summed E-state index contributed by atoms with van der Waals surface area (Å²) >= 11 is 0. The lowest BCUT2D eigenvalue weighted by Gasteiger charge is -2.21. The van der Waals surface area contributed by atoms with Gasteiger partial charge in [0.1, 0.15) is 5.75 Å².